The van der Waals surface area contributed by atoms with Gasteiger partial charge in [0, 0.05) is 52.2 Å². The van der Waals surface area contributed by atoms with Crippen molar-refractivity contribution >= 4 is 35.6 Å². The Morgan fingerprint density at radius 3 is 2.25 bits per heavy atom. The van der Waals surface area contributed by atoms with Crippen LogP contribution < -0.4 is 15.5 Å². The molecule has 28 heavy (non-hydrogen) atoms. The molecule has 1 heterocycles. The summed E-state index contributed by atoms with van der Waals surface area (Å²) < 4.78 is 2.06. The number of nitrogens with one attached hydrogen (secondary N) is 2. The van der Waals surface area contributed by atoms with Crippen LogP contribution in [0.4, 0.5) is 5.69 Å². The molecule has 0 aliphatic heterocycles. The minimum Gasteiger partial charge on any atom is -0.378 e. The lowest BCUT2D eigenvalue weighted by Crippen LogP contribution is -2.38. The van der Waals surface area contributed by atoms with Gasteiger partial charge in [0.1, 0.15) is 0 Å². The van der Waals surface area contributed by atoms with E-state index in [-0.39, 0.29) is 24.0 Å². The second-order valence-electron chi connectivity index (χ2n) is 7.09. The van der Waals surface area contributed by atoms with Gasteiger partial charge in [0.15, 0.2) is 5.96 Å². The molecule has 1 aromatic heterocycles. The minimum absolute atomic E-state index is 0. The average Bonchev–Trinajstić information content (AvgIpc) is 2.98. The minimum atomic E-state index is 0. The Morgan fingerprint density at radius 1 is 1.07 bits per heavy atom. The summed E-state index contributed by atoms with van der Waals surface area (Å²) in [6, 6.07) is 10.9. The van der Waals surface area contributed by atoms with Gasteiger partial charge in [0.05, 0.1) is 5.69 Å². The van der Waals surface area contributed by atoms with Crippen molar-refractivity contribution < 1.29 is 0 Å². The van der Waals surface area contributed by atoms with Crippen LogP contribution in [0.5, 0.6) is 0 Å². The van der Waals surface area contributed by atoms with Gasteiger partial charge in [-0.2, -0.15) is 5.10 Å². The Labute approximate surface area is 186 Å². The van der Waals surface area contributed by atoms with Crippen molar-refractivity contribution in [2.45, 2.75) is 39.7 Å². The lowest BCUT2D eigenvalue weighted by atomic mass is 10.1. The summed E-state index contributed by atoms with van der Waals surface area (Å²) in [5, 5.41) is 11.3. The molecule has 2 N–H and O–H groups in total. The summed E-state index contributed by atoms with van der Waals surface area (Å²) >= 11 is 0. The van der Waals surface area contributed by atoms with E-state index in [4.69, 9.17) is 0 Å². The number of rotatable bonds is 9. The molecule has 0 amide bonds. The molecular weight excluding hydrogens is 463 g/mol. The largest absolute Gasteiger partial charge is 0.378 e. The summed E-state index contributed by atoms with van der Waals surface area (Å²) in [5.41, 5.74) is 4.90. The van der Waals surface area contributed by atoms with E-state index < -0.39 is 0 Å². The van der Waals surface area contributed by atoms with Crippen molar-refractivity contribution in [3.63, 3.8) is 0 Å². The van der Waals surface area contributed by atoms with Gasteiger partial charge in [-0.15, -0.1) is 24.0 Å². The van der Waals surface area contributed by atoms with Crippen LogP contribution in [-0.2, 0) is 13.0 Å². The average molecular weight is 498 g/mol. The molecule has 0 bridgehead atoms. The highest BCUT2D eigenvalue weighted by Crippen LogP contribution is 2.13. The smallest absolute Gasteiger partial charge is 0.190 e. The first kappa shape index (κ1) is 24.3. The Morgan fingerprint density at radius 2 is 1.71 bits per heavy atom. The molecule has 6 nitrogen and oxygen atoms in total. The van der Waals surface area contributed by atoms with Crippen LogP contribution in [0.25, 0.3) is 0 Å². The highest BCUT2D eigenvalue weighted by molar-refractivity contribution is 14.0. The van der Waals surface area contributed by atoms with Gasteiger partial charge in [-0.25, -0.2) is 0 Å². The molecule has 0 saturated carbocycles. The number of aryl methyl sites for hydroxylation is 4. The molecular formula is C21H35IN6. The number of halogens is 1. The van der Waals surface area contributed by atoms with E-state index in [2.05, 4.69) is 81.7 Å². The first-order valence-electron chi connectivity index (χ1n) is 9.71. The van der Waals surface area contributed by atoms with Gasteiger partial charge in [-0.05, 0) is 56.9 Å². The van der Waals surface area contributed by atoms with Crippen molar-refractivity contribution in [3.05, 3.63) is 47.3 Å². The number of aromatic nitrogens is 2. The molecule has 2 aromatic rings. The highest BCUT2D eigenvalue weighted by atomic mass is 127. The molecule has 0 aliphatic carbocycles. The molecule has 0 spiro atoms. The molecule has 0 radical (unpaired) electrons. The monoisotopic (exact) mass is 498 g/mol. The fraction of sp³-hybridized carbons (Fsp3) is 0.524. The molecule has 2 rings (SSSR count). The molecule has 0 atom stereocenters. The summed E-state index contributed by atoms with van der Waals surface area (Å²) in [4.78, 5) is 6.42. The molecule has 0 saturated heterocycles. The SMILES string of the molecule is CN=C(NCCCc1ccc(N(C)C)cc1)NCCCn1nc(C)cc1C.I. The van der Waals surface area contributed by atoms with Crippen molar-refractivity contribution in [1.82, 2.24) is 20.4 Å². The maximum Gasteiger partial charge on any atom is 0.190 e. The van der Waals surface area contributed by atoms with Gasteiger partial charge in [-0.1, -0.05) is 12.1 Å². The van der Waals surface area contributed by atoms with Crippen LogP contribution in [0.15, 0.2) is 35.3 Å². The number of hydrogen-bond donors (Lipinski definition) is 2. The Hall–Kier alpha value is -1.77. The van der Waals surface area contributed by atoms with Crippen molar-refractivity contribution in [3.8, 4) is 0 Å². The normalized spacial score (nSPS) is 11.1. The predicted molar refractivity (Wildman–Crippen MR) is 130 cm³/mol. The maximum atomic E-state index is 4.49. The van der Waals surface area contributed by atoms with Gasteiger partial charge in [0.25, 0.3) is 0 Å². The number of hydrogen-bond acceptors (Lipinski definition) is 3. The fourth-order valence-electron chi connectivity index (χ4n) is 3.02. The maximum absolute atomic E-state index is 4.49. The molecule has 156 valence electrons. The second-order valence-corrected chi connectivity index (χ2v) is 7.09. The zero-order chi connectivity index (χ0) is 19.6. The molecule has 0 aliphatic rings. The van der Waals surface area contributed by atoms with Gasteiger partial charge in [-0.3, -0.25) is 9.67 Å². The van der Waals surface area contributed by atoms with Crippen LogP contribution in [0.2, 0.25) is 0 Å². The number of guanidine groups is 1. The van der Waals surface area contributed by atoms with E-state index >= 15 is 0 Å². The molecule has 1 aromatic carbocycles. The van der Waals surface area contributed by atoms with E-state index in [1.165, 1.54) is 16.9 Å². The van der Waals surface area contributed by atoms with Gasteiger partial charge >= 0.3 is 0 Å². The third-order valence-electron chi connectivity index (χ3n) is 4.55. The van der Waals surface area contributed by atoms with Crippen LogP contribution in [0.1, 0.15) is 29.8 Å². The standard InChI is InChI=1S/C21H34N6.HI/c1-17-16-18(2)27(25-17)15-7-14-24-21(22-3)23-13-6-8-19-9-11-20(12-10-19)26(4)5;/h9-12,16H,6-8,13-15H2,1-5H3,(H2,22,23,24);1H. The lowest BCUT2D eigenvalue weighted by molar-refractivity contribution is 0.555. The Balaban J connectivity index is 0.00000392. The summed E-state index contributed by atoms with van der Waals surface area (Å²) in [6.07, 6.45) is 3.16. The molecule has 7 heteroatoms. The number of nitrogens with zero attached hydrogens (tertiary/aromatic N) is 4. The Kier molecular flexibility index (Phi) is 11.0. The second kappa shape index (κ2) is 12.6. The topological polar surface area (TPSA) is 57.5 Å². The van der Waals surface area contributed by atoms with Crippen LogP contribution in [0.3, 0.4) is 0 Å². The number of aliphatic imine (C=N–C) groups is 1. The van der Waals surface area contributed by atoms with Crippen molar-refractivity contribution in [2.24, 2.45) is 4.99 Å². The van der Waals surface area contributed by atoms with Crippen molar-refractivity contribution in [1.29, 1.82) is 0 Å². The summed E-state index contributed by atoms with van der Waals surface area (Å²) in [6.45, 7) is 6.84. The van der Waals surface area contributed by atoms with E-state index in [1.807, 2.05) is 14.0 Å². The third kappa shape index (κ3) is 8.08. The molecule has 0 fully saturated rings. The van der Waals surface area contributed by atoms with E-state index in [0.29, 0.717) is 0 Å². The summed E-state index contributed by atoms with van der Waals surface area (Å²) in [7, 11) is 5.94. The zero-order valence-electron chi connectivity index (χ0n) is 17.8. The fourth-order valence-corrected chi connectivity index (χ4v) is 3.02. The lowest BCUT2D eigenvalue weighted by Gasteiger charge is -2.13. The molecule has 0 unspecified atom stereocenters. The quantitative estimate of drug-likeness (QED) is 0.241. The van der Waals surface area contributed by atoms with E-state index in [1.54, 1.807) is 0 Å². The zero-order valence-corrected chi connectivity index (χ0v) is 20.2. The number of anilines is 1. The first-order chi connectivity index (χ1) is 13.0. The van der Waals surface area contributed by atoms with Crippen LogP contribution >= 0.6 is 24.0 Å². The van der Waals surface area contributed by atoms with E-state index in [9.17, 15) is 0 Å². The van der Waals surface area contributed by atoms with Gasteiger partial charge in [0.2, 0.25) is 0 Å². The number of benzene rings is 1. The van der Waals surface area contributed by atoms with Crippen LogP contribution in [0, 0.1) is 13.8 Å². The first-order valence-corrected chi connectivity index (χ1v) is 9.71. The van der Waals surface area contributed by atoms with Gasteiger partial charge < -0.3 is 15.5 Å². The van der Waals surface area contributed by atoms with Crippen molar-refractivity contribution in [2.75, 3.05) is 39.1 Å². The summed E-state index contributed by atoms with van der Waals surface area (Å²) in [5.74, 6) is 0.867. The highest BCUT2D eigenvalue weighted by Gasteiger charge is 2.02. The third-order valence-corrected chi connectivity index (χ3v) is 4.55. The van der Waals surface area contributed by atoms with E-state index in [0.717, 1.165) is 50.6 Å². The predicted octanol–water partition coefficient (Wildman–Crippen LogP) is 3.37. The van der Waals surface area contributed by atoms with Crippen LogP contribution in [-0.4, -0.2) is 50.0 Å². The Bertz CT molecular complexity index is 721.